The smallest absolute Gasteiger partial charge is 0.233 e. The number of nitrogens with zero attached hydrogens (tertiary/aromatic N) is 1. The van der Waals surface area contributed by atoms with Crippen molar-refractivity contribution in [2.45, 2.75) is 13.5 Å². The molecule has 0 bridgehead atoms. The molecule has 0 saturated heterocycles. The first-order chi connectivity index (χ1) is 9.61. The van der Waals surface area contributed by atoms with Gasteiger partial charge in [0.2, 0.25) is 5.89 Å². The van der Waals surface area contributed by atoms with Crippen LogP contribution in [0.4, 0.5) is 5.69 Å². The van der Waals surface area contributed by atoms with Crippen molar-refractivity contribution in [1.82, 2.24) is 4.98 Å². The number of oxazole rings is 1. The van der Waals surface area contributed by atoms with Crippen molar-refractivity contribution in [3.8, 4) is 5.75 Å². The number of hydrogen-bond acceptors (Lipinski definition) is 4. The predicted molar refractivity (Wildman–Crippen MR) is 81.6 cm³/mol. The third-order valence-corrected chi connectivity index (χ3v) is 3.45. The molecule has 0 amide bonds. The summed E-state index contributed by atoms with van der Waals surface area (Å²) in [5.41, 5.74) is 8.89. The Balaban J connectivity index is 1.81. The van der Waals surface area contributed by atoms with Gasteiger partial charge < -0.3 is 14.9 Å². The minimum Gasteiger partial charge on any atom is -0.484 e. The van der Waals surface area contributed by atoms with Gasteiger partial charge in [0.1, 0.15) is 11.3 Å². The quantitative estimate of drug-likeness (QED) is 0.734. The molecule has 5 heteroatoms. The van der Waals surface area contributed by atoms with E-state index in [9.17, 15) is 0 Å². The number of fused-ring (bicyclic) bond motifs is 1. The summed E-state index contributed by atoms with van der Waals surface area (Å²) < 4.78 is 12.3. The van der Waals surface area contributed by atoms with Gasteiger partial charge in [-0.3, -0.25) is 0 Å². The molecule has 2 aromatic carbocycles. The summed E-state index contributed by atoms with van der Waals surface area (Å²) in [6, 6.07) is 11.3. The van der Waals surface area contributed by atoms with Gasteiger partial charge in [0, 0.05) is 16.2 Å². The van der Waals surface area contributed by atoms with Crippen LogP contribution in [-0.2, 0) is 6.61 Å². The lowest BCUT2D eigenvalue weighted by Crippen LogP contribution is -1.97. The molecule has 1 heterocycles. The Morgan fingerprint density at radius 3 is 2.95 bits per heavy atom. The van der Waals surface area contributed by atoms with E-state index in [1.54, 1.807) is 12.1 Å². The Kier molecular flexibility index (Phi) is 3.36. The molecule has 0 fully saturated rings. The molecule has 0 spiro atoms. The van der Waals surface area contributed by atoms with Crippen LogP contribution in [-0.4, -0.2) is 4.98 Å². The Morgan fingerprint density at radius 2 is 2.10 bits per heavy atom. The molecule has 0 aliphatic heterocycles. The lowest BCUT2D eigenvalue weighted by Gasteiger charge is -2.07. The highest BCUT2D eigenvalue weighted by atomic mass is 79.9. The molecule has 0 unspecified atom stereocenters. The highest BCUT2D eigenvalue weighted by Crippen LogP contribution is 2.24. The standard InChI is InChI=1S/C15H13BrN2O2/c1-9-2-3-10(16)6-13(9)19-8-15-18-12-5-4-11(17)7-14(12)20-15/h2-7H,8,17H2,1H3. The maximum absolute atomic E-state index is 5.75. The fourth-order valence-corrected chi connectivity index (χ4v) is 2.26. The summed E-state index contributed by atoms with van der Waals surface area (Å²) in [7, 11) is 0. The van der Waals surface area contributed by atoms with Crippen molar-refractivity contribution in [2.75, 3.05) is 5.73 Å². The predicted octanol–water partition coefficient (Wildman–Crippen LogP) is 4.06. The maximum Gasteiger partial charge on any atom is 0.233 e. The van der Waals surface area contributed by atoms with Gasteiger partial charge in [-0.15, -0.1) is 0 Å². The SMILES string of the molecule is Cc1ccc(Br)cc1OCc1nc2ccc(N)cc2o1. The molecule has 0 aliphatic carbocycles. The van der Waals surface area contributed by atoms with E-state index in [4.69, 9.17) is 14.9 Å². The van der Waals surface area contributed by atoms with E-state index in [0.717, 1.165) is 21.3 Å². The number of nitrogen functional groups attached to an aromatic ring is 1. The van der Waals surface area contributed by atoms with Gasteiger partial charge in [-0.1, -0.05) is 22.0 Å². The van der Waals surface area contributed by atoms with Gasteiger partial charge in [0.05, 0.1) is 0 Å². The molecule has 20 heavy (non-hydrogen) atoms. The number of ether oxygens (including phenoxy) is 1. The summed E-state index contributed by atoms with van der Waals surface area (Å²) in [4.78, 5) is 4.36. The second-order valence-corrected chi connectivity index (χ2v) is 5.45. The van der Waals surface area contributed by atoms with Gasteiger partial charge in [-0.05, 0) is 36.8 Å². The van der Waals surface area contributed by atoms with E-state index in [0.29, 0.717) is 17.2 Å². The van der Waals surface area contributed by atoms with E-state index in [2.05, 4.69) is 20.9 Å². The van der Waals surface area contributed by atoms with Crippen LogP contribution in [0, 0.1) is 6.92 Å². The van der Waals surface area contributed by atoms with Crippen LogP contribution in [0.25, 0.3) is 11.1 Å². The molecule has 4 nitrogen and oxygen atoms in total. The van der Waals surface area contributed by atoms with Crippen molar-refractivity contribution in [1.29, 1.82) is 0 Å². The average molecular weight is 333 g/mol. The Morgan fingerprint density at radius 1 is 1.25 bits per heavy atom. The van der Waals surface area contributed by atoms with Crippen LogP contribution in [0.5, 0.6) is 5.75 Å². The highest BCUT2D eigenvalue weighted by molar-refractivity contribution is 9.10. The third-order valence-electron chi connectivity index (χ3n) is 2.96. The molecule has 0 saturated carbocycles. The third kappa shape index (κ3) is 2.63. The Bertz CT molecular complexity index is 768. The minimum atomic E-state index is 0.284. The minimum absolute atomic E-state index is 0.284. The van der Waals surface area contributed by atoms with Crippen molar-refractivity contribution in [3.05, 3.63) is 52.3 Å². The summed E-state index contributed by atoms with van der Waals surface area (Å²) in [6.45, 7) is 2.28. The zero-order chi connectivity index (χ0) is 14.1. The number of rotatable bonds is 3. The van der Waals surface area contributed by atoms with Crippen LogP contribution in [0.15, 0.2) is 45.3 Å². The van der Waals surface area contributed by atoms with Crippen molar-refractivity contribution >= 4 is 32.7 Å². The van der Waals surface area contributed by atoms with Crippen LogP contribution < -0.4 is 10.5 Å². The number of aromatic nitrogens is 1. The van der Waals surface area contributed by atoms with Crippen molar-refractivity contribution in [3.63, 3.8) is 0 Å². The molecule has 0 atom stereocenters. The van der Waals surface area contributed by atoms with E-state index in [-0.39, 0.29) is 6.61 Å². The lowest BCUT2D eigenvalue weighted by atomic mass is 10.2. The largest absolute Gasteiger partial charge is 0.484 e. The van der Waals surface area contributed by atoms with Crippen LogP contribution in [0.3, 0.4) is 0 Å². The van der Waals surface area contributed by atoms with Crippen LogP contribution >= 0.6 is 15.9 Å². The molecule has 102 valence electrons. The first-order valence-corrected chi connectivity index (χ1v) is 6.95. The molecule has 3 rings (SSSR count). The summed E-state index contributed by atoms with van der Waals surface area (Å²) >= 11 is 3.43. The fourth-order valence-electron chi connectivity index (χ4n) is 1.92. The first-order valence-electron chi connectivity index (χ1n) is 6.16. The molecule has 0 radical (unpaired) electrons. The Labute approximate surface area is 124 Å². The van der Waals surface area contributed by atoms with E-state index in [1.807, 2.05) is 31.2 Å². The summed E-state index contributed by atoms with van der Waals surface area (Å²) in [6.07, 6.45) is 0. The molecule has 2 N–H and O–H groups in total. The molecular formula is C15H13BrN2O2. The normalized spacial score (nSPS) is 10.9. The summed E-state index contributed by atoms with van der Waals surface area (Å²) in [5.74, 6) is 1.34. The fraction of sp³-hybridized carbons (Fsp3) is 0.133. The maximum atomic E-state index is 5.75. The van der Waals surface area contributed by atoms with Crippen molar-refractivity contribution in [2.24, 2.45) is 0 Å². The van der Waals surface area contributed by atoms with Gasteiger partial charge in [-0.2, -0.15) is 0 Å². The molecular weight excluding hydrogens is 320 g/mol. The lowest BCUT2D eigenvalue weighted by molar-refractivity contribution is 0.265. The van der Waals surface area contributed by atoms with Gasteiger partial charge in [0.15, 0.2) is 12.2 Å². The highest BCUT2D eigenvalue weighted by Gasteiger charge is 2.08. The number of anilines is 1. The number of hydrogen-bond donors (Lipinski definition) is 1. The zero-order valence-corrected chi connectivity index (χ0v) is 12.5. The Hall–Kier alpha value is -2.01. The monoisotopic (exact) mass is 332 g/mol. The average Bonchev–Trinajstić information content (AvgIpc) is 2.81. The molecule has 3 aromatic rings. The van der Waals surface area contributed by atoms with Crippen LogP contribution in [0.1, 0.15) is 11.5 Å². The molecule has 1 aromatic heterocycles. The van der Waals surface area contributed by atoms with Crippen LogP contribution in [0.2, 0.25) is 0 Å². The van der Waals surface area contributed by atoms with E-state index in [1.165, 1.54) is 0 Å². The topological polar surface area (TPSA) is 61.3 Å². The van der Waals surface area contributed by atoms with Gasteiger partial charge in [0.25, 0.3) is 0 Å². The second-order valence-electron chi connectivity index (χ2n) is 4.53. The van der Waals surface area contributed by atoms with E-state index < -0.39 is 0 Å². The van der Waals surface area contributed by atoms with Gasteiger partial charge >= 0.3 is 0 Å². The van der Waals surface area contributed by atoms with Crippen molar-refractivity contribution < 1.29 is 9.15 Å². The summed E-state index contributed by atoms with van der Waals surface area (Å²) in [5, 5.41) is 0. The number of halogens is 1. The first kappa shape index (κ1) is 13.0. The number of aryl methyl sites for hydroxylation is 1. The van der Waals surface area contributed by atoms with E-state index >= 15 is 0 Å². The number of benzene rings is 2. The molecule has 0 aliphatic rings. The van der Waals surface area contributed by atoms with Gasteiger partial charge in [-0.25, -0.2) is 4.98 Å². The number of nitrogens with two attached hydrogens (primary N) is 1. The zero-order valence-electron chi connectivity index (χ0n) is 10.9. The second kappa shape index (κ2) is 5.17.